The van der Waals surface area contributed by atoms with Gasteiger partial charge in [0, 0.05) is 32.1 Å². The third-order valence-electron chi connectivity index (χ3n) is 4.97. The van der Waals surface area contributed by atoms with Gasteiger partial charge in [-0.05, 0) is 64.6 Å². The lowest BCUT2D eigenvalue weighted by molar-refractivity contribution is -0.122. The Balaban J connectivity index is 0.00000312. The Morgan fingerprint density at radius 1 is 1.04 bits per heavy atom. The zero-order valence-corrected chi connectivity index (χ0v) is 18.2. The zero-order valence-electron chi connectivity index (χ0n) is 15.9. The summed E-state index contributed by atoms with van der Waals surface area (Å²) in [4.78, 5) is 18.8. The molecule has 1 saturated carbocycles. The van der Waals surface area contributed by atoms with Gasteiger partial charge in [0.05, 0.1) is 0 Å². The first-order valence-corrected chi connectivity index (χ1v) is 9.75. The Kier molecular flexibility index (Phi) is 11.4. The standard InChI is InChI=1S/C18H35N5O.HI/c1-3-19-18(22-12-11-20-17(24)16-5-6-16)21-10-7-15-8-13-23(4-2)14-9-15;/h15-16H,3-14H2,1-2H3,(H,20,24)(H2,19,21,22);1H. The number of piperidine rings is 1. The number of guanidine groups is 1. The summed E-state index contributed by atoms with van der Waals surface area (Å²) in [5.74, 6) is 2.17. The van der Waals surface area contributed by atoms with Gasteiger partial charge in [0.25, 0.3) is 0 Å². The van der Waals surface area contributed by atoms with Crippen LogP contribution >= 0.6 is 24.0 Å². The van der Waals surface area contributed by atoms with Crippen molar-refractivity contribution in [3.05, 3.63) is 0 Å². The Morgan fingerprint density at radius 3 is 2.32 bits per heavy atom. The zero-order chi connectivity index (χ0) is 17.2. The molecule has 0 aromatic carbocycles. The maximum absolute atomic E-state index is 11.6. The van der Waals surface area contributed by atoms with E-state index in [0.717, 1.165) is 44.4 Å². The second-order valence-corrected chi connectivity index (χ2v) is 6.92. The van der Waals surface area contributed by atoms with Crippen molar-refractivity contribution in [2.75, 3.05) is 45.8 Å². The topological polar surface area (TPSA) is 68.8 Å². The minimum Gasteiger partial charge on any atom is -0.357 e. The molecule has 0 atom stereocenters. The Bertz CT molecular complexity index is 406. The molecule has 25 heavy (non-hydrogen) atoms. The molecule has 7 heteroatoms. The van der Waals surface area contributed by atoms with Crippen molar-refractivity contribution in [1.82, 2.24) is 20.9 Å². The van der Waals surface area contributed by atoms with Crippen molar-refractivity contribution in [2.45, 2.75) is 46.0 Å². The number of halogens is 1. The van der Waals surface area contributed by atoms with Crippen LogP contribution in [0.4, 0.5) is 0 Å². The molecule has 1 saturated heterocycles. The first-order valence-electron chi connectivity index (χ1n) is 9.75. The average Bonchev–Trinajstić information content (AvgIpc) is 3.44. The van der Waals surface area contributed by atoms with E-state index in [1.807, 2.05) is 0 Å². The number of nitrogens with one attached hydrogen (secondary N) is 3. The van der Waals surface area contributed by atoms with Gasteiger partial charge in [-0.3, -0.25) is 9.79 Å². The van der Waals surface area contributed by atoms with Crippen molar-refractivity contribution >= 4 is 35.8 Å². The smallest absolute Gasteiger partial charge is 0.223 e. The Morgan fingerprint density at radius 2 is 1.72 bits per heavy atom. The van der Waals surface area contributed by atoms with Gasteiger partial charge in [0.15, 0.2) is 5.96 Å². The van der Waals surface area contributed by atoms with Crippen LogP contribution in [0.15, 0.2) is 4.99 Å². The molecular weight excluding hydrogens is 429 g/mol. The van der Waals surface area contributed by atoms with Crippen LogP contribution in [-0.4, -0.2) is 62.6 Å². The van der Waals surface area contributed by atoms with Crippen LogP contribution in [0.3, 0.4) is 0 Å². The molecule has 0 unspecified atom stereocenters. The highest BCUT2D eigenvalue weighted by Crippen LogP contribution is 2.28. The van der Waals surface area contributed by atoms with Crippen LogP contribution in [0.2, 0.25) is 0 Å². The van der Waals surface area contributed by atoms with E-state index in [1.165, 1.54) is 38.9 Å². The van der Waals surface area contributed by atoms with E-state index in [2.05, 4.69) is 39.7 Å². The van der Waals surface area contributed by atoms with Crippen LogP contribution in [0.1, 0.15) is 46.0 Å². The summed E-state index contributed by atoms with van der Waals surface area (Å²) < 4.78 is 0. The molecule has 1 aliphatic carbocycles. The number of amides is 1. The third-order valence-corrected chi connectivity index (χ3v) is 4.97. The number of carbonyl (C=O) groups excluding carboxylic acids is 1. The van der Waals surface area contributed by atoms with Crippen molar-refractivity contribution in [2.24, 2.45) is 16.8 Å². The maximum Gasteiger partial charge on any atom is 0.223 e. The monoisotopic (exact) mass is 465 g/mol. The van der Waals surface area contributed by atoms with Crippen molar-refractivity contribution in [3.8, 4) is 0 Å². The lowest BCUT2D eigenvalue weighted by atomic mass is 9.94. The van der Waals surface area contributed by atoms with Gasteiger partial charge < -0.3 is 20.9 Å². The number of nitrogens with zero attached hydrogens (tertiary/aromatic N) is 2. The molecule has 0 aromatic rings. The fraction of sp³-hybridized carbons (Fsp3) is 0.889. The molecule has 6 nitrogen and oxygen atoms in total. The number of hydrogen-bond donors (Lipinski definition) is 3. The molecule has 2 fully saturated rings. The number of aliphatic imine (C=N–C) groups is 1. The van der Waals surface area contributed by atoms with Crippen LogP contribution in [0.5, 0.6) is 0 Å². The van der Waals surface area contributed by atoms with E-state index >= 15 is 0 Å². The minimum absolute atomic E-state index is 0. The van der Waals surface area contributed by atoms with Gasteiger partial charge >= 0.3 is 0 Å². The summed E-state index contributed by atoms with van der Waals surface area (Å²) >= 11 is 0. The van der Waals surface area contributed by atoms with E-state index in [0.29, 0.717) is 6.54 Å². The maximum atomic E-state index is 11.6. The van der Waals surface area contributed by atoms with Gasteiger partial charge in [-0.1, -0.05) is 6.92 Å². The number of likely N-dealkylation sites (tertiary alicyclic amines) is 1. The lowest BCUT2D eigenvalue weighted by Crippen LogP contribution is -2.42. The van der Waals surface area contributed by atoms with E-state index in [1.54, 1.807) is 0 Å². The van der Waals surface area contributed by atoms with Gasteiger partial charge in [0.1, 0.15) is 0 Å². The number of hydrogen-bond acceptors (Lipinski definition) is 3. The van der Waals surface area contributed by atoms with E-state index in [4.69, 9.17) is 0 Å². The van der Waals surface area contributed by atoms with E-state index in [-0.39, 0.29) is 35.8 Å². The predicted octanol–water partition coefficient (Wildman–Crippen LogP) is 1.81. The Labute approximate surface area is 170 Å². The molecule has 3 N–H and O–H groups in total. The molecule has 2 rings (SSSR count). The van der Waals surface area contributed by atoms with Crippen molar-refractivity contribution in [3.63, 3.8) is 0 Å². The molecule has 0 spiro atoms. The van der Waals surface area contributed by atoms with E-state index in [9.17, 15) is 4.79 Å². The molecule has 0 radical (unpaired) electrons. The lowest BCUT2D eigenvalue weighted by Gasteiger charge is -2.30. The summed E-state index contributed by atoms with van der Waals surface area (Å²) in [7, 11) is 0. The van der Waals surface area contributed by atoms with Crippen molar-refractivity contribution in [1.29, 1.82) is 0 Å². The summed E-state index contributed by atoms with van der Waals surface area (Å²) in [5, 5.41) is 9.55. The second kappa shape index (κ2) is 12.7. The highest BCUT2D eigenvalue weighted by atomic mass is 127. The van der Waals surface area contributed by atoms with Crippen LogP contribution in [-0.2, 0) is 4.79 Å². The van der Waals surface area contributed by atoms with Crippen LogP contribution in [0.25, 0.3) is 0 Å². The highest BCUT2D eigenvalue weighted by molar-refractivity contribution is 14.0. The molecule has 1 amide bonds. The molecule has 1 aliphatic heterocycles. The van der Waals surface area contributed by atoms with Crippen molar-refractivity contribution < 1.29 is 4.79 Å². The normalized spacial score (nSPS) is 19.2. The first kappa shape index (κ1) is 22.5. The molecule has 2 aliphatic rings. The molecule has 0 aromatic heterocycles. The minimum atomic E-state index is 0. The van der Waals surface area contributed by atoms with Crippen LogP contribution in [0, 0.1) is 11.8 Å². The summed E-state index contributed by atoms with van der Waals surface area (Å²) in [6.45, 7) is 11.1. The third kappa shape index (κ3) is 9.08. The Hall–Kier alpha value is -0.570. The fourth-order valence-electron chi connectivity index (χ4n) is 3.15. The van der Waals surface area contributed by atoms with Gasteiger partial charge in [0.2, 0.25) is 5.91 Å². The van der Waals surface area contributed by atoms with Gasteiger partial charge in [-0.15, -0.1) is 24.0 Å². The summed E-state index contributed by atoms with van der Waals surface area (Å²) in [6, 6.07) is 0. The van der Waals surface area contributed by atoms with Crippen LogP contribution < -0.4 is 16.0 Å². The SMILES string of the molecule is CCNC(=NCCC1CCN(CC)CC1)NCCNC(=O)C1CC1.I. The number of rotatable bonds is 9. The molecule has 0 bridgehead atoms. The molecule has 1 heterocycles. The second-order valence-electron chi connectivity index (χ2n) is 6.92. The quantitative estimate of drug-likeness (QED) is 0.210. The first-order chi connectivity index (χ1) is 11.7. The average molecular weight is 465 g/mol. The van der Waals surface area contributed by atoms with Gasteiger partial charge in [-0.25, -0.2) is 0 Å². The predicted molar refractivity (Wildman–Crippen MR) is 115 cm³/mol. The molecule has 146 valence electrons. The largest absolute Gasteiger partial charge is 0.357 e. The summed E-state index contributed by atoms with van der Waals surface area (Å²) in [6.07, 6.45) is 5.90. The molecular formula is C18H36IN5O. The number of carbonyl (C=O) groups is 1. The summed E-state index contributed by atoms with van der Waals surface area (Å²) in [5.41, 5.74) is 0. The van der Waals surface area contributed by atoms with Gasteiger partial charge in [-0.2, -0.15) is 0 Å². The fourth-order valence-corrected chi connectivity index (χ4v) is 3.15. The van der Waals surface area contributed by atoms with E-state index < -0.39 is 0 Å². The highest BCUT2D eigenvalue weighted by Gasteiger charge is 2.28.